The van der Waals surface area contributed by atoms with Gasteiger partial charge in [-0.15, -0.1) is 0 Å². The molecule has 2 N–H and O–H groups in total. The maximum Gasteiger partial charge on any atom is 0.331 e. The third-order valence-electron chi connectivity index (χ3n) is 4.22. The Hall–Kier alpha value is -2.57. The quantitative estimate of drug-likeness (QED) is 0.601. The smallest absolute Gasteiger partial charge is 0.331 e. The Labute approximate surface area is 152 Å². The average molecular weight is 364 g/mol. The minimum atomic E-state index is -0.485. The number of urea groups is 1. The fraction of sp³-hybridized carbons (Fsp3) is 0.474. The molecule has 7 heteroatoms. The molecule has 1 aromatic carbocycles. The summed E-state index contributed by atoms with van der Waals surface area (Å²) in [6.45, 7) is 2.45. The number of methoxy groups -OCH3 is 1. The number of benzene rings is 1. The molecule has 1 fully saturated rings. The van der Waals surface area contributed by atoms with Crippen LogP contribution in [0.15, 0.2) is 24.3 Å². The fourth-order valence-corrected chi connectivity index (χ4v) is 2.88. The minimum Gasteiger partial charge on any atom is -0.494 e. The van der Waals surface area contributed by atoms with Crippen molar-refractivity contribution in [1.82, 2.24) is 10.6 Å². The number of halogens is 1. The van der Waals surface area contributed by atoms with Crippen molar-refractivity contribution in [3.63, 3.8) is 0 Å². The van der Waals surface area contributed by atoms with E-state index in [1.54, 1.807) is 6.07 Å². The Morgan fingerprint density at radius 1 is 1.27 bits per heavy atom. The van der Waals surface area contributed by atoms with Crippen LogP contribution in [0.3, 0.4) is 0 Å². The van der Waals surface area contributed by atoms with E-state index in [-0.39, 0.29) is 23.9 Å². The summed E-state index contributed by atoms with van der Waals surface area (Å²) >= 11 is 0. The number of esters is 1. The van der Waals surface area contributed by atoms with Crippen molar-refractivity contribution in [2.24, 2.45) is 0 Å². The lowest BCUT2D eigenvalue weighted by molar-refractivity contribution is -0.144. The van der Waals surface area contributed by atoms with Crippen LogP contribution in [0.4, 0.5) is 9.18 Å². The van der Waals surface area contributed by atoms with Crippen LogP contribution in [0.2, 0.25) is 0 Å². The molecule has 1 saturated carbocycles. The van der Waals surface area contributed by atoms with Crippen molar-refractivity contribution < 1.29 is 23.5 Å². The predicted octanol–water partition coefficient (Wildman–Crippen LogP) is 3.02. The minimum absolute atomic E-state index is 0.106. The van der Waals surface area contributed by atoms with E-state index in [4.69, 9.17) is 9.47 Å². The van der Waals surface area contributed by atoms with Gasteiger partial charge >= 0.3 is 12.0 Å². The zero-order valence-corrected chi connectivity index (χ0v) is 15.1. The second-order valence-electron chi connectivity index (χ2n) is 6.14. The molecule has 0 aliphatic heterocycles. The Balaban J connectivity index is 1.76. The molecule has 0 radical (unpaired) electrons. The molecule has 0 saturated heterocycles. The second kappa shape index (κ2) is 9.79. The largest absolute Gasteiger partial charge is 0.494 e. The molecular formula is C19H25FN2O4. The van der Waals surface area contributed by atoms with Crippen LogP contribution >= 0.6 is 0 Å². The molecule has 0 unspecified atom stereocenters. The Morgan fingerprint density at radius 2 is 2.00 bits per heavy atom. The first kappa shape index (κ1) is 19.8. The summed E-state index contributed by atoms with van der Waals surface area (Å²) in [5.41, 5.74) is 0.551. The lowest BCUT2D eigenvalue weighted by atomic mass is 9.93. The highest BCUT2D eigenvalue weighted by Crippen LogP contribution is 2.22. The van der Waals surface area contributed by atoms with Gasteiger partial charge in [0.1, 0.15) is 6.10 Å². The topological polar surface area (TPSA) is 76.7 Å². The number of amides is 2. The van der Waals surface area contributed by atoms with Gasteiger partial charge in [-0.3, -0.25) is 0 Å². The van der Waals surface area contributed by atoms with E-state index in [1.165, 1.54) is 31.4 Å². The summed E-state index contributed by atoms with van der Waals surface area (Å²) in [4.78, 5) is 23.4. The molecule has 0 atom stereocenters. The molecule has 142 valence electrons. The first-order chi connectivity index (χ1) is 12.5. The molecule has 1 aromatic rings. The Kier molecular flexibility index (Phi) is 7.44. The molecule has 1 aliphatic rings. The van der Waals surface area contributed by atoms with Crippen molar-refractivity contribution in [2.45, 2.75) is 44.8 Å². The van der Waals surface area contributed by atoms with Crippen LogP contribution in [0.1, 0.15) is 38.2 Å². The molecule has 0 heterocycles. The lowest BCUT2D eigenvalue weighted by Crippen LogP contribution is -2.44. The van der Waals surface area contributed by atoms with Gasteiger partial charge in [0.2, 0.25) is 0 Å². The van der Waals surface area contributed by atoms with E-state index in [0.717, 1.165) is 12.8 Å². The Bertz CT molecular complexity index is 655. The highest BCUT2D eigenvalue weighted by Gasteiger charge is 2.24. The molecule has 1 aliphatic carbocycles. The van der Waals surface area contributed by atoms with Crippen molar-refractivity contribution in [1.29, 1.82) is 0 Å². The maximum atomic E-state index is 13.6. The summed E-state index contributed by atoms with van der Waals surface area (Å²) in [5.74, 6) is -0.787. The van der Waals surface area contributed by atoms with Crippen LogP contribution < -0.4 is 15.4 Å². The number of carbonyl (C=O) groups excluding carboxylic acids is 2. The van der Waals surface area contributed by atoms with Crippen LogP contribution in [-0.4, -0.2) is 37.8 Å². The highest BCUT2D eigenvalue weighted by molar-refractivity contribution is 5.87. The van der Waals surface area contributed by atoms with E-state index in [9.17, 15) is 14.0 Å². The van der Waals surface area contributed by atoms with Gasteiger partial charge in [-0.05, 0) is 56.4 Å². The average Bonchev–Trinajstić information content (AvgIpc) is 2.62. The van der Waals surface area contributed by atoms with Crippen molar-refractivity contribution in [3.8, 4) is 5.75 Å². The van der Waals surface area contributed by atoms with Crippen molar-refractivity contribution >= 4 is 18.1 Å². The van der Waals surface area contributed by atoms with Gasteiger partial charge in [-0.25, -0.2) is 14.0 Å². The maximum absolute atomic E-state index is 13.6. The van der Waals surface area contributed by atoms with E-state index >= 15 is 0 Å². The van der Waals surface area contributed by atoms with Gasteiger partial charge in [0, 0.05) is 18.7 Å². The van der Waals surface area contributed by atoms with Gasteiger partial charge in [-0.2, -0.15) is 0 Å². The van der Waals surface area contributed by atoms with Crippen molar-refractivity contribution in [2.75, 3.05) is 13.7 Å². The molecule has 0 bridgehead atoms. The van der Waals surface area contributed by atoms with Gasteiger partial charge in [-0.1, -0.05) is 6.07 Å². The van der Waals surface area contributed by atoms with E-state index in [1.807, 2.05) is 6.92 Å². The summed E-state index contributed by atoms with van der Waals surface area (Å²) in [6.07, 6.45) is 5.58. The lowest BCUT2D eigenvalue weighted by Gasteiger charge is -2.28. The predicted molar refractivity (Wildman–Crippen MR) is 96.3 cm³/mol. The van der Waals surface area contributed by atoms with Gasteiger partial charge in [0.25, 0.3) is 0 Å². The fourth-order valence-electron chi connectivity index (χ4n) is 2.88. The van der Waals surface area contributed by atoms with E-state index < -0.39 is 11.8 Å². The second-order valence-corrected chi connectivity index (χ2v) is 6.14. The zero-order chi connectivity index (χ0) is 18.9. The summed E-state index contributed by atoms with van der Waals surface area (Å²) < 4.78 is 23.9. The van der Waals surface area contributed by atoms with Gasteiger partial charge in [0.15, 0.2) is 11.6 Å². The highest BCUT2D eigenvalue weighted by atomic mass is 19.1. The molecule has 0 spiro atoms. The normalized spacial score (nSPS) is 19.8. The van der Waals surface area contributed by atoms with Crippen LogP contribution in [-0.2, 0) is 9.53 Å². The molecule has 2 rings (SSSR count). The number of ether oxygens (including phenoxy) is 2. The third-order valence-corrected chi connectivity index (χ3v) is 4.22. The number of nitrogens with one attached hydrogen (secondary N) is 2. The number of hydrogen-bond acceptors (Lipinski definition) is 4. The first-order valence-electron chi connectivity index (χ1n) is 8.78. The van der Waals surface area contributed by atoms with Crippen LogP contribution in [0.25, 0.3) is 6.08 Å². The first-order valence-corrected chi connectivity index (χ1v) is 8.78. The molecule has 2 amide bonds. The molecule has 26 heavy (non-hydrogen) atoms. The summed E-state index contributed by atoms with van der Waals surface area (Å²) in [7, 11) is 1.39. The van der Waals surface area contributed by atoms with Gasteiger partial charge in [0.05, 0.1) is 7.11 Å². The van der Waals surface area contributed by atoms with Crippen LogP contribution in [0, 0.1) is 5.82 Å². The zero-order valence-electron chi connectivity index (χ0n) is 15.1. The monoisotopic (exact) mass is 364 g/mol. The molecule has 6 nitrogen and oxygen atoms in total. The summed E-state index contributed by atoms with van der Waals surface area (Å²) in [5, 5.41) is 5.61. The van der Waals surface area contributed by atoms with Crippen molar-refractivity contribution in [3.05, 3.63) is 35.7 Å². The van der Waals surface area contributed by atoms with E-state index in [0.29, 0.717) is 24.9 Å². The summed E-state index contributed by atoms with van der Waals surface area (Å²) in [6, 6.07) is 4.39. The molecule has 0 aromatic heterocycles. The number of hydrogen-bond donors (Lipinski definition) is 2. The van der Waals surface area contributed by atoms with Gasteiger partial charge < -0.3 is 20.1 Å². The van der Waals surface area contributed by atoms with E-state index in [2.05, 4.69) is 10.6 Å². The standard InChI is InChI=1S/C19H25FN2O4/c1-3-21-19(24)22-14-6-8-15(9-7-14)26-18(23)11-5-13-4-10-17(25-2)16(20)12-13/h4-5,10-12,14-15H,3,6-9H2,1-2H3,(H2,21,22,24)/b11-5+. The Morgan fingerprint density at radius 3 is 2.62 bits per heavy atom. The third kappa shape index (κ3) is 6.06. The number of carbonyl (C=O) groups is 2. The molecular weight excluding hydrogens is 339 g/mol. The number of rotatable bonds is 6. The SMILES string of the molecule is CCNC(=O)NC1CCC(OC(=O)/C=C/c2ccc(OC)c(F)c2)CC1. The van der Waals surface area contributed by atoms with Crippen LogP contribution in [0.5, 0.6) is 5.75 Å².